The van der Waals surface area contributed by atoms with Gasteiger partial charge in [0.2, 0.25) is 5.91 Å². The molecule has 4 bridgehead atoms. The van der Waals surface area contributed by atoms with Crippen molar-refractivity contribution in [1.29, 1.82) is 0 Å². The highest BCUT2D eigenvalue weighted by molar-refractivity contribution is 7.99. The van der Waals surface area contributed by atoms with Gasteiger partial charge in [-0.15, -0.1) is 0 Å². The zero-order valence-corrected chi connectivity index (χ0v) is 21.2. The molecular weight excluding hydrogens is 456 g/mol. The number of fused-ring (bicyclic) bond motifs is 1. The first kappa shape index (κ1) is 22.8. The molecular formula is C28H32N4O2S. The normalized spacial score (nSPS) is 27.8. The number of carbonyl (C=O) groups excluding carboxylic acids is 1. The van der Waals surface area contributed by atoms with Gasteiger partial charge in [0.1, 0.15) is 5.82 Å². The summed E-state index contributed by atoms with van der Waals surface area (Å²) in [6, 6.07) is 11.3. The quantitative estimate of drug-likeness (QED) is 0.394. The topological polar surface area (TPSA) is 76.9 Å². The van der Waals surface area contributed by atoms with Crippen LogP contribution in [0.1, 0.15) is 51.0 Å². The Bertz CT molecular complexity index is 1310. The van der Waals surface area contributed by atoms with Gasteiger partial charge < -0.3 is 5.32 Å². The summed E-state index contributed by atoms with van der Waals surface area (Å²) >= 11 is 1.31. The van der Waals surface area contributed by atoms with E-state index in [0.29, 0.717) is 21.9 Å². The summed E-state index contributed by atoms with van der Waals surface area (Å²) in [4.78, 5) is 35.8. The number of carbonyl (C=O) groups is 1. The molecule has 7 rings (SSSR count). The minimum absolute atomic E-state index is 0.00458. The Morgan fingerprint density at radius 2 is 1.80 bits per heavy atom. The van der Waals surface area contributed by atoms with E-state index in [9.17, 15) is 9.59 Å². The van der Waals surface area contributed by atoms with Crippen molar-refractivity contribution in [2.75, 3.05) is 5.75 Å². The summed E-state index contributed by atoms with van der Waals surface area (Å²) < 4.78 is 1.55. The standard InChI is InChI=1S/C28H32N4O2S/c1-17-6-5-9-29-25(17)32-26(34)22-7-3-4-8-23(22)31-27(32)35-16-24(33)30-18(2)28-13-19-10-20(14-28)12-21(11-19)15-28/h3-9,18-21H,10-16H2,1-2H3,(H,30,33). The lowest BCUT2D eigenvalue weighted by molar-refractivity contribution is -0.123. The number of hydrogen-bond acceptors (Lipinski definition) is 5. The van der Waals surface area contributed by atoms with E-state index in [0.717, 1.165) is 23.3 Å². The number of aromatic nitrogens is 3. The zero-order valence-electron chi connectivity index (χ0n) is 20.4. The molecule has 1 unspecified atom stereocenters. The summed E-state index contributed by atoms with van der Waals surface area (Å²) in [5, 5.41) is 4.38. The van der Waals surface area contributed by atoms with Crippen LogP contribution < -0.4 is 10.9 Å². The number of rotatable bonds is 6. The number of nitrogens with zero attached hydrogens (tertiary/aromatic N) is 3. The van der Waals surface area contributed by atoms with E-state index in [1.54, 1.807) is 16.8 Å². The van der Waals surface area contributed by atoms with E-state index in [-0.39, 0.29) is 28.7 Å². The van der Waals surface area contributed by atoms with Crippen LogP contribution in [-0.4, -0.2) is 32.2 Å². The first-order chi connectivity index (χ1) is 16.9. The molecule has 182 valence electrons. The van der Waals surface area contributed by atoms with Crippen molar-refractivity contribution in [2.24, 2.45) is 23.2 Å². The van der Waals surface area contributed by atoms with Gasteiger partial charge in [-0.1, -0.05) is 30.0 Å². The van der Waals surface area contributed by atoms with Crippen LogP contribution in [0.2, 0.25) is 0 Å². The third-order valence-electron chi connectivity index (χ3n) is 8.65. The molecule has 2 aromatic heterocycles. The second-order valence-electron chi connectivity index (χ2n) is 11.1. The van der Waals surface area contributed by atoms with Crippen molar-refractivity contribution in [3.63, 3.8) is 0 Å². The summed E-state index contributed by atoms with van der Waals surface area (Å²) in [6.07, 6.45) is 9.66. The van der Waals surface area contributed by atoms with Crippen molar-refractivity contribution in [1.82, 2.24) is 19.9 Å². The van der Waals surface area contributed by atoms with Crippen molar-refractivity contribution in [3.05, 3.63) is 58.5 Å². The molecule has 35 heavy (non-hydrogen) atoms. The number of nitrogens with one attached hydrogen (secondary N) is 1. The lowest BCUT2D eigenvalue weighted by Gasteiger charge is -2.59. The Kier molecular flexibility index (Phi) is 5.71. The van der Waals surface area contributed by atoms with E-state index >= 15 is 0 Å². The maximum absolute atomic E-state index is 13.5. The number of thioether (sulfide) groups is 1. The number of benzene rings is 1. The van der Waals surface area contributed by atoms with Crippen LogP contribution in [0.5, 0.6) is 0 Å². The van der Waals surface area contributed by atoms with Gasteiger partial charge in [0.25, 0.3) is 5.56 Å². The number of hydrogen-bond donors (Lipinski definition) is 1. The molecule has 0 saturated heterocycles. The molecule has 7 heteroatoms. The van der Waals surface area contributed by atoms with Gasteiger partial charge in [0.05, 0.1) is 16.7 Å². The number of amides is 1. The molecule has 4 fully saturated rings. The average molecular weight is 489 g/mol. The highest BCUT2D eigenvalue weighted by atomic mass is 32.2. The van der Waals surface area contributed by atoms with Gasteiger partial charge in [0.15, 0.2) is 5.16 Å². The fourth-order valence-corrected chi connectivity index (χ4v) is 8.19. The number of pyridine rings is 1. The van der Waals surface area contributed by atoms with Gasteiger partial charge >= 0.3 is 0 Å². The van der Waals surface area contributed by atoms with Gasteiger partial charge in [-0.2, -0.15) is 0 Å². The maximum Gasteiger partial charge on any atom is 0.267 e. The summed E-state index contributed by atoms with van der Waals surface area (Å²) in [6.45, 7) is 4.13. The monoisotopic (exact) mass is 488 g/mol. The predicted molar refractivity (Wildman–Crippen MR) is 139 cm³/mol. The van der Waals surface area contributed by atoms with Crippen molar-refractivity contribution < 1.29 is 4.79 Å². The molecule has 1 amide bonds. The SMILES string of the molecule is Cc1cccnc1-n1c(SCC(=O)NC(C)C23CC4CC(CC(C4)C2)C3)nc2ccccc2c1=O. The lowest BCUT2D eigenvalue weighted by atomic mass is 9.48. The molecule has 1 N–H and O–H groups in total. The van der Waals surface area contributed by atoms with Crippen molar-refractivity contribution in [2.45, 2.75) is 63.6 Å². The summed E-state index contributed by atoms with van der Waals surface area (Å²) in [7, 11) is 0. The molecule has 0 spiro atoms. The van der Waals surface area contributed by atoms with Crippen LogP contribution in [0.3, 0.4) is 0 Å². The Hall–Kier alpha value is -2.67. The smallest absolute Gasteiger partial charge is 0.267 e. The number of aryl methyl sites for hydroxylation is 1. The first-order valence-corrected chi connectivity index (χ1v) is 13.8. The van der Waals surface area contributed by atoms with E-state index in [4.69, 9.17) is 4.98 Å². The molecule has 1 atom stereocenters. The first-order valence-electron chi connectivity index (χ1n) is 12.8. The average Bonchev–Trinajstić information content (AvgIpc) is 2.83. The van der Waals surface area contributed by atoms with Crippen LogP contribution in [0.25, 0.3) is 16.7 Å². The Morgan fingerprint density at radius 3 is 2.49 bits per heavy atom. The van der Waals surface area contributed by atoms with Crippen LogP contribution in [-0.2, 0) is 4.79 Å². The third-order valence-corrected chi connectivity index (χ3v) is 9.59. The van der Waals surface area contributed by atoms with Gasteiger partial charge in [-0.3, -0.25) is 9.59 Å². The summed E-state index contributed by atoms with van der Waals surface area (Å²) in [5.74, 6) is 3.34. The van der Waals surface area contributed by atoms with E-state index < -0.39 is 0 Å². The van der Waals surface area contributed by atoms with E-state index in [2.05, 4.69) is 17.2 Å². The van der Waals surface area contributed by atoms with Gasteiger partial charge in [-0.25, -0.2) is 14.5 Å². The molecule has 4 saturated carbocycles. The Balaban J connectivity index is 1.24. The third kappa shape index (κ3) is 4.07. The minimum atomic E-state index is -0.165. The van der Waals surface area contributed by atoms with Gasteiger partial charge in [-0.05, 0) is 99.3 Å². The van der Waals surface area contributed by atoms with Crippen molar-refractivity contribution >= 4 is 28.6 Å². The minimum Gasteiger partial charge on any atom is -0.352 e. The molecule has 3 aromatic rings. The second-order valence-corrected chi connectivity index (χ2v) is 12.0. The van der Waals surface area contributed by atoms with Crippen LogP contribution in [0.4, 0.5) is 0 Å². The Labute approximate surface area is 209 Å². The number of para-hydroxylation sites is 1. The molecule has 4 aliphatic rings. The fourth-order valence-electron chi connectivity index (χ4n) is 7.38. The highest BCUT2D eigenvalue weighted by Gasteiger charge is 2.53. The molecule has 0 radical (unpaired) electrons. The van der Waals surface area contributed by atoms with Crippen LogP contribution >= 0.6 is 11.8 Å². The van der Waals surface area contributed by atoms with Crippen LogP contribution in [0.15, 0.2) is 52.5 Å². The molecule has 1 aromatic carbocycles. The van der Waals surface area contributed by atoms with Crippen LogP contribution in [0, 0.1) is 30.1 Å². The second kappa shape index (κ2) is 8.77. The molecule has 2 heterocycles. The maximum atomic E-state index is 13.5. The van der Waals surface area contributed by atoms with Crippen molar-refractivity contribution in [3.8, 4) is 5.82 Å². The fraction of sp³-hybridized carbons (Fsp3) is 0.500. The lowest BCUT2D eigenvalue weighted by Crippen LogP contribution is -2.56. The van der Waals surface area contributed by atoms with Gasteiger partial charge in [0, 0.05) is 12.2 Å². The predicted octanol–water partition coefficient (Wildman–Crippen LogP) is 4.90. The molecule has 0 aliphatic heterocycles. The molecule has 4 aliphatic carbocycles. The van der Waals surface area contributed by atoms with E-state index in [1.807, 2.05) is 37.3 Å². The summed E-state index contributed by atoms with van der Waals surface area (Å²) in [5.41, 5.74) is 1.62. The highest BCUT2D eigenvalue weighted by Crippen LogP contribution is 2.61. The Morgan fingerprint density at radius 1 is 1.11 bits per heavy atom. The zero-order chi connectivity index (χ0) is 24.2. The molecule has 6 nitrogen and oxygen atoms in total. The van der Waals surface area contributed by atoms with E-state index in [1.165, 1.54) is 50.3 Å². The largest absolute Gasteiger partial charge is 0.352 e.